The summed E-state index contributed by atoms with van der Waals surface area (Å²) in [5, 5.41) is 6.35. The molecule has 2 amide bonds. The van der Waals surface area contributed by atoms with Gasteiger partial charge in [-0.15, -0.1) is 0 Å². The Kier molecular flexibility index (Phi) is 4.61. The molecule has 1 heterocycles. The van der Waals surface area contributed by atoms with Gasteiger partial charge in [-0.05, 0) is 31.5 Å². The Morgan fingerprint density at radius 1 is 1.24 bits per heavy atom. The summed E-state index contributed by atoms with van der Waals surface area (Å²) in [5.41, 5.74) is 3.28. The maximum atomic E-state index is 12.9. The van der Waals surface area contributed by atoms with Crippen LogP contribution in [0.1, 0.15) is 34.1 Å². The molecule has 134 valence electrons. The average Bonchev–Trinajstić information content (AvgIpc) is 2.86. The van der Waals surface area contributed by atoms with Crippen molar-refractivity contribution in [1.82, 2.24) is 15.1 Å². The summed E-state index contributed by atoms with van der Waals surface area (Å²) in [6.07, 6.45) is -3.28. The lowest BCUT2D eigenvalue weighted by molar-refractivity contribution is -0.137. The van der Waals surface area contributed by atoms with E-state index in [1.807, 2.05) is 0 Å². The van der Waals surface area contributed by atoms with Gasteiger partial charge in [-0.1, -0.05) is 12.1 Å². The number of aryl methyl sites for hydroxylation is 1. The normalized spacial score (nSPS) is 14.0. The minimum absolute atomic E-state index is 0.0651. The van der Waals surface area contributed by atoms with Gasteiger partial charge in [-0.2, -0.15) is 18.3 Å². The highest BCUT2D eigenvalue weighted by Gasteiger charge is 2.38. The molecule has 0 aliphatic carbocycles. The molecule has 0 saturated heterocycles. The van der Waals surface area contributed by atoms with Crippen molar-refractivity contribution in [3.63, 3.8) is 0 Å². The molecule has 0 spiro atoms. The molecule has 0 saturated carbocycles. The fourth-order valence-corrected chi connectivity index (χ4v) is 2.30. The monoisotopic (exact) mass is 354 g/mol. The fourth-order valence-electron chi connectivity index (χ4n) is 2.30. The molecule has 0 aliphatic rings. The Hall–Kier alpha value is -2.84. The van der Waals surface area contributed by atoms with Crippen LogP contribution in [0.5, 0.6) is 0 Å². The fraction of sp³-hybridized carbons (Fsp3) is 0.312. The molecule has 25 heavy (non-hydrogen) atoms. The Balaban J connectivity index is 2.44. The van der Waals surface area contributed by atoms with Crippen LogP contribution >= 0.6 is 0 Å². The first-order valence-corrected chi connectivity index (χ1v) is 7.25. The average molecular weight is 354 g/mol. The van der Waals surface area contributed by atoms with Crippen LogP contribution in [-0.4, -0.2) is 21.6 Å². The third-order valence-electron chi connectivity index (χ3n) is 4.10. The highest BCUT2D eigenvalue weighted by Crippen LogP contribution is 2.32. The zero-order chi connectivity index (χ0) is 19.0. The van der Waals surface area contributed by atoms with Crippen LogP contribution in [0.15, 0.2) is 30.5 Å². The second-order valence-electron chi connectivity index (χ2n) is 5.79. The molecular weight excluding hydrogens is 337 g/mol. The zero-order valence-corrected chi connectivity index (χ0v) is 13.8. The second kappa shape index (κ2) is 6.23. The smallest absolute Gasteiger partial charge is 0.367 e. The maximum Gasteiger partial charge on any atom is 0.416 e. The molecule has 1 atom stereocenters. The lowest BCUT2D eigenvalue weighted by Crippen LogP contribution is -2.52. The summed E-state index contributed by atoms with van der Waals surface area (Å²) in [6, 6.07) is 4.12. The topological polar surface area (TPSA) is 90.0 Å². The number of amides is 2. The Bertz CT molecular complexity index is 829. The maximum absolute atomic E-state index is 12.9. The van der Waals surface area contributed by atoms with E-state index >= 15 is 0 Å². The van der Waals surface area contributed by atoms with E-state index in [4.69, 9.17) is 5.73 Å². The Morgan fingerprint density at radius 3 is 2.32 bits per heavy atom. The van der Waals surface area contributed by atoms with Crippen LogP contribution in [0.25, 0.3) is 0 Å². The molecule has 3 N–H and O–H groups in total. The van der Waals surface area contributed by atoms with E-state index < -0.39 is 29.1 Å². The molecule has 0 fully saturated rings. The number of halogens is 3. The number of carbonyl (C=O) groups is 2. The van der Waals surface area contributed by atoms with Gasteiger partial charge in [0.25, 0.3) is 5.91 Å². The van der Waals surface area contributed by atoms with Crippen molar-refractivity contribution in [2.75, 3.05) is 0 Å². The minimum atomic E-state index is -4.58. The number of benzene rings is 1. The van der Waals surface area contributed by atoms with Gasteiger partial charge in [0.2, 0.25) is 5.91 Å². The van der Waals surface area contributed by atoms with Gasteiger partial charge in [0.1, 0.15) is 5.54 Å². The minimum Gasteiger partial charge on any atom is -0.367 e. The summed E-state index contributed by atoms with van der Waals surface area (Å²) < 4.78 is 40.2. The van der Waals surface area contributed by atoms with E-state index in [2.05, 4.69) is 10.4 Å². The van der Waals surface area contributed by atoms with Crippen LogP contribution in [-0.2, 0) is 23.6 Å². The highest BCUT2D eigenvalue weighted by atomic mass is 19.4. The van der Waals surface area contributed by atoms with Crippen molar-refractivity contribution in [2.45, 2.75) is 25.6 Å². The summed E-state index contributed by atoms with van der Waals surface area (Å²) in [6.45, 7) is 2.90. The first-order chi connectivity index (χ1) is 11.5. The number of hydrogen-bond donors (Lipinski definition) is 2. The number of nitrogens with two attached hydrogens (primary N) is 1. The number of hydrogen-bond acceptors (Lipinski definition) is 3. The van der Waals surface area contributed by atoms with Crippen molar-refractivity contribution in [3.05, 3.63) is 52.8 Å². The standard InChI is InChI=1S/C16H17F3N4O2/c1-9-12(8-21-23(9)3)13(24)22-15(2,14(20)25)10-5-4-6-11(7-10)16(17,18)19/h4-8H,1-3H3,(H2,20,25)(H,22,24). The SMILES string of the molecule is Cc1c(C(=O)NC(C)(C(N)=O)c2cccc(C(F)(F)F)c2)cnn1C. The summed E-state index contributed by atoms with van der Waals surface area (Å²) in [7, 11) is 1.63. The van der Waals surface area contributed by atoms with Crippen molar-refractivity contribution in [3.8, 4) is 0 Å². The van der Waals surface area contributed by atoms with Gasteiger partial charge < -0.3 is 11.1 Å². The number of nitrogens with one attached hydrogen (secondary N) is 1. The third kappa shape index (κ3) is 3.49. The first-order valence-electron chi connectivity index (χ1n) is 7.25. The van der Waals surface area contributed by atoms with E-state index in [0.717, 1.165) is 18.2 Å². The van der Waals surface area contributed by atoms with Gasteiger partial charge in [0.05, 0.1) is 17.3 Å². The number of alkyl halides is 3. The summed E-state index contributed by atoms with van der Waals surface area (Å²) in [4.78, 5) is 24.4. The van der Waals surface area contributed by atoms with Crippen molar-refractivity contribution >= 4 is 11.8 Å². The quantitative estimate of drug-likeness (QED) is 0.878. The van der Waals surface area contributed by atoms with Crippen LogP contribution in [0.3, 0.4) is 0 Å². The van der Waals surface area contributed by atoms with E-state index in [1.165, 1.54) is 23.9 Å². The van der Waals surface area contributed by atoms with Crippen molar-refractivity contribution in [1.29, 1.82) is 0 Å². The van der Waals surface area contributed by atoms with Crippen LogP contribution < -0.4 is 11.1 Å². The van der Waals surface area contributed by atoms with Gasteiger partial charge in [0.15, 0.2) is 0 Å². The van der Waals surface area contributed by atoms with Gasteiger partial charge in [-0.25, -0.2) is 0 Å². The summed E-state index contributed by atoms with van der Waals surface area (Å²) in [5.74, 6) is -1.65. The molecule has 2 aromatic rings. The van der Waals surface area contributed by atoms with Gasteiger partial charge in [0, 0.05) is 12.7 Å². The number of carbonyl (C=O) groups excluding carboxylic acids is 2. The molecular formula is C16H17F3N4O2. The molecule has 0 radical (unpaired) electrons. The van der Waals surface area contributed by atoms with E-state index in [9.17, 15) is 22.8 Å². The zero-order valence-electron chi connectivity index (χ0n) is 13.8. The lowest BCUT2D eigenvalue weighted by atomic mass is 9.89. The molecule has 1 aromatic carbocycles. The summed E-state index contributed by atoms with van der Waals surface area (Å²) >= 11 is 0. The molecule has 0 aliphatic heterocycles. The number of primary amides is 1. The predicted molar refractivity (Wildman–Crippen MR) is 83.4 cm³/mol. The molecule has 1 unspecified atom stereocenters. The predicted octanol–water partition coefficient (Wildman–Crippen LogP) is 1.88. The number of nitrogens with zero attached hydrogens (tertiary/aromatic N) is 2. The number of rotatable bonds is 4. The molecule has 9 heteroatoms. The van der Waals surface area contributed by atoms with Crippen LogP contribution in [0.2, 0.25) is 0 Å². The molecule has 2 rings (SSSR count). The molecule has 6 nitrogen and oxygen atoms in total. The first kappa shape index (κ1) is 18.5. The Labute approximate surface area is 141 Å². The lowest BCUT2D eigenvalue weighted by Gasteiger charge is -2.28. The van der Waals surface area contributed by atoms with Crippen molar-refractivity contribution < 1.29 is 22.8 Å². The van der Waals surface area contributed by atoms with Crippen molar-refractivity contribution in [2.24, 2.45) is 12.8 Å². The Morgan fingerprint density at radius 2 is 1.84 bits per heavy atom. The largest absolute Gasteiger partial charge is 0.416 e. The van der Waals surface area contributed by atoms with Crippen LogP contribution in [0.4, 0.5) is 13.2 Å². The van der Waals surface area contributed by atoms with E-state index in [0.29, 0.717) is 5.69 Å². The highest BCUT2D eigenvalue weighted by molar-refractivity contribution is 5.99. The second-order valence-corrected chi connectivity index (χ2v) is 5.79. The van der Waals surface area contributed by atoms with Gasteiger partial charge in [-0.3, -0.25) is 14.3 Å². The molecule has 0 bridgehead atoms. The van der Waals surface area contributed by atoms with E-state index in [-0.39, 0.29) is 11.1 Å². The van der Waals surface area contributed by atoms with Gasteiger partial charge >= 0.3 is 6.18 Å². The number of aromatic nitrogens is 2. The molecule has 1 aromatic heterocycles. The third-order valence-corrected chi connectivity index (χ3v) is 4.10. The van der Waals surface area contributed by atoms with Crippen LogP contribution in [0, 0.1) is 6.92 Å². The van der Waals surface area contributed by atoms with E-state index in [1.54, 1.807) is 14.0 Å².